The summed E-state index contributed by atoms with van der Waals surface area (Å²) < 4.78 is 58.2. The number of nitrogens with one attached hydrogen (secondary N) is 2. The molecule has 0 heterocycles. The number of carbonyl (C=O) groups is 1. The Labute approximate surface area is 213 Å². The minimum atomic E-state index is -3.88. The fourth-order valence-corrected chi connectivity index (χ4v) is 5.36. The monoisotopic (exact) mass is 557 g/mol. The molecule has 3 aromatic rings. The molecule has 0 unspecified atom stereocenters. The first-order valence-electron chi connectivity index (χ1n) is 9.89. The minimum Gasteiger partial charge on any atom is -0.497 e. The molecule has 3 rings (SSSR count). The van der Waals surface area contributed by atoms with E-state index in [1.165, 1.54) is 49.6 Å². The van der Waals surface area contributed by atoms with Gasteiger partial charge in [-0.25, -0.2) is 16.8 Å². The summed E-state index contributed by atoms with van der Waals surface area (Å²) in [5.41, 5.74) is 0.677. The summed E-state index contributed by atoms with van der Waals surface area (Å²) in [5, 5.41) is 2.67. The second-order valence-electron chi connectivity index (χ2n) is 7.25. The fraction of sp³-hybridized carbons (Fsp3) is 0.136. The number of hydrogen-bond acceptors (Lipinski definition) is 6. The van der Waals surface area contributed by atoms with Gasteiger partial charge in [0.25, 0.3) is 10.0 Å². The van der Waals surface area contributed by atoms with Crippen LogP contribution in [-0.4, -0.2) is 42.7 Å². The van der Waals surface area contributed by atoms with Crippen LogP contribution in [0.15, 0.2) is 71.6 Å². The third kappa shape index (κ3) is 6.79. The molecule has 0 aliphatic rings. The van der Waals surface area contributed by atoms with Gasteiger partial charge in [-0.3, -0.25) is 13.8 Å². The van der Waals surface area contributed by atoms with Crippen molar-refractivity contribution < 1.29 is 26.4 Å². The fourth-order valence-electron chi connectivity index (χ4n) is 2.99. The van der Waals surface area contributed by atoms with Gasteiger partial charge < -0.3 is 10.1 Å². The number of anilines is 3. The molecule has 0 saturated heterocycles. The zero-order valence-corrected chi connectivity index (χ0v) is 21.7. The molecule has 186 valence electrons. The molecule has 0 radical (unpaired) electrons. The molecule has 0 atom stereocenters. The summed E-state index contributed by atoms with van der Waals surface area (Å²) in [6.45, 7) is -0.571. The maximum absolute atomic E-state index is 12.6. The molecule has 0 aliphatic carbocycles. The highest BCUT2D eigenvalue weighted by molar-refractivity contribution is 7.92. The maximum Gasteiger partial charge on any atom is 0.261 e. The lowest BCUT2D eigenvalue weighted by atomic mass is 10.3. The van der Waals surface area contributed by atoms with E-state index in [-0.39, 0.29) is 26.3 Å². The van der Waals surface area contributed by atoms with Crippen LogP contribution in [0.25, 0.3) is 0 Å². The van der Waals surface area contributed by atoms with Crippen molar-refractivity contribution in [1.29, 1.82) is 0 Å². The second-order valence-corrected chi connectivity index (χ2v) is 11.6. The van der Waals surface area contributed by atoms with Gasteiger partial charge in [0, 0.05) is 11.4 Å². The zero-order valence-electron chi connectivity index (χ0n) is 18.5. The van der Waals surface area contributed by atoms with Crippen molar-refractivity contribution in [2.75, 3.05) is 34.3 Å². The quantitative estimate of drug-likeness (QED) is 0.406. The van der Waals surface area contributed by atoms with Crippen molar-refractivity contribution >= 4 is 66.2 Å². The average Bonchev–Trinajstić information content (AvgIpc) is 2.79. The van der Waals surface area contributed by atoms with Gasteiger partial charge in [-0.2, -0.15) is 0 Å². The number of hydrogen-bond donors (Lipinski definition) is 2. The first-order valence-corrected chi connectivity index (χ1v) is 14.0. The van der Waals surface area contributed by atoms with Gasteiger partial charge in [0.05, 0.1) is 34.0 Å². The van der Waals surface area contributed by atoms with Gasteiger partial charge in [-0.1, -0.05) is 29.3 Å². The van der Waals surface area contributed by atoms with Crippen LogP contribution in [0.4, 0.5) is 17.1 Å². The lowest BCUT2D eigenvalue weighted by molar-refractivity contribution is -0.114. The van der Waals surface area contributed by atoms with E-state index in [1.54, 1.807) is 24.3 Å². The Morgan fingerprint density at radius 3 is 2.09 bits per heavy atom. The lowest BCUT2D eigenvalue weighted by Gasteiger charge is -2.23. The number of rotatable bonds is 9. The largest absolute Gasteiger partial charge is 0.497 e. The Morgan fingerprint density at radius 1 is 0.914 bits per heavy atom. The Balaban J connectivity index is 1.72. The van der Waals surface area contributed by atoms with E-state index in [9.17, 15) is 21.6 Å². The van der Waals surface area contributed by atoms with Crippen molar-refractivity contribution in [2.45, 2.75) is 4.90 Å². The maximum atomic E-state index is 12.6. The number of nitrogens with zero attached hydrogens (tertiary/aromatic N) is 1. The predicted molar refractivity (Wildman–Crippen MR) is 138 cm³/mol. The van der Waals surface area contributed by atoms with E-state index >= 15 is 0 Å². The summed E-state index contributed by atoms with van der Waals surface area (Å²) in [6.07, 6.45) is 0.937. The smallest absolute Gasteiger partial charge is 0.261 e. The van der Waals surface area contributed by atoms with Crippen LogP contribution in [0, 0.1) is 0 Å². The second kappa shape index (κ2) is 10.7. The SMILES string of the molecule is COc1ccc(NS(=O)(=O)c2ccc(NC(=O)CN(c3cccc(Cl)c3Cl)S(C)(=O)=O)cc2)cc1. The Kier molecular flexibility index (Phi) is 8.16. The summed E-state index contributed by atoms with van der Waals surface area (Å²) in [7, 11) is -6.25. The summed E-state index contributed by atoms with van der Waals surface area (Å²) >= 11 is 12.1. The number of halogens is 2. The highest BCUT2D eigenvalue weighted by Crippen LogP contribution is 2.33. The average molecular weight is 558 g/mol. The summed E-state index contributed by atoms with van der Waals surface area (Å²) in [4.78, 5) is 12.5. The molecule has 0 spiro atoms. The summed E-state index contributed by atoms with van der Waals surface area (Å²) in [5.74, 6) is -0.0847. The van der Waals surface area contributed by atoms with E-state index in [2.05, 4.69) is 10.0 Å². The first-order chi connectivity index (χ1) is 16.4. The molecule has 9 nitrogen and oxygen atoms in total. The van der Waals surface area contributed by atoms with Crippen LogP contribution in [0.1, 0.15) is 0 Å². The standard InChI is InChI=1S/C22H21Cl2N3O6S2/c1-33-17-10-6-16(7-11-17)26-35(31,32)18-12-8-15(9-13-18)25-21(28)14-27(34(2,29)30)20-5-3-4-19(23)22(20)24/h3-13,26H,14H2,1-2H3,(H,25,28). The number of ether oxygens (including phenoxy) is 1. The predicted octanol–water partition coefficient (Wildman–Crippen LogP) is 4.21. The molecule has 0 fully saturated rings. The van der Waals surface area contributed by atoms with Gasteiger partial charge in [-0.05, 0) is 60.7 Å². The molecular formula is C22H21Cl2N3O6S2. The molecular weight excluding hydrogens is 537 g/mol. The topological polar surface area (TPSA) is 122 Å². The highest BCUT2D eigenvalue weighted by atomic mass is 35.5. The van der Waals surface area contributed by atoms with E-state index in [1.807, 2.05) is 0 Å². The molecule has 35 heavy (non-hydrogen) atoms. The van der Waals surface area contributed by atoms with Crippen LogP contribution in [0.5, 0.6) is 5.75 Å². The van der Waals surface area contributed by atoms with Crippen LogP contribution in [0.3, 0.4) is 0 Å². The van der Waals surface area contributed by atoms with Crippen molar-refractivity contribution in [1.82, 2.24) is 0 Å². The third-order valence-electron chi connectivity index (χ3n) is 4.68. The first kappa shape index (κ1) is 26.6. The van der Waals surface area contributed by atoms with E-state index in [0.717, 1.165) is 10.6 Å². The minimum absolute atomic E-state index is 0.00805. The molecule has 1 amide bonds. The van der Waals surface area contributed by atoms with Gasteiger partial charge >= 0.3 is 0 Å². The van der Waals surface area contributed by atoms with Gasteiger partial charge in [-0.15, -0.1) is 0 Å². The number of amides is 1. The lowest BCUT2D eigenvalue weighted by Crippen LogP contribution is -2.37. The van der Waals surface area contributed by atoms with Gasteiger partial charge in [0.2, 0.25) is 15.9 Å². The molecule has 3 aromatic carbocycles. The van der Waals surface area contributed by atoms with Crippen molar-refractivity contribution in [3.05, 3.63) is 76.8 Å². The van der Waals surface area contributed by atoms with Crippen molar-refractivity contribution in [3.8, 4) is 5.75 Å². The Morgan fingerprint density at radius 2 is 1.51 bits per heavy atom. The number of carbonyl (C=O) groups excluding carboxylic acids is 1. The van der Waals surface area contributed by atoms with Gasteiger partial charge in [0.15, 0.2) is 0 Å². The molecule has 0 saturated carbocycles. The van der Waals surface area contributed by atoms with E-state index in [4.69, 9.17) is 27.9 Å². The Hall–Kier alpha value is -2.99. The normalized spacial score (nSPS) is 11.5. The molecule has 0 aromatic heterocycles. The third-order valence-corrected chi connectivity index (χ3v) is 8.01. The Bertz CT molecular complexity index is 1430. The van der Waals surface area contributed by atoms with Crippen LogP contribution in [0.2, 0.25) is 10.0 Å². The van der Waals surface area contributed by atoms with Crippen molar-refractivity contribution in [3.63, 3.8) is 0 Å². The number of sulfonamides is 2. The van der Waals surface area contributed by atoms with E-state index in [0.29, 0.717) is 11.4 Å². The van der Waals surface area contributed by atoms with Gasteiger partial charge in [0.1, 0.15) is 12.3 Å². The van der Waals surface area contributed by atoms with Crippen LogP contribution in [-0.2, 0) is 24.8 Å². The highest BCUT2D eigenvalue weighted by Gasteiger charge is 2.24. The van der Waals surface area contributed by atoms with Crippen LogP contribution < -0.4 is 19.1 Å². The molecule has 0 bridgehead atoms. The zero-order chi connectivity index (χ0) is 25.8. The van der Waals surface area contributed by atoms with Crippen molar-refractivity contribution in [2.24, 2.45) is 0 Å². The number of methoxy groups -OCH3 is 1. The molecule has 2 N–H and O–H groups in total. The molecule has 13 heteroatoms. The summed E-state index contributed by atoms with van der Waals surface area (Å²) in [6, 6.07) is 16.2. The number of benzene rings is 3. The molecule has 0 aliphatic heterocycles. The van der Waals surface area contributed by atoms with Crippen LogP contribution >= 0.6 is 23.2 Å². The van der Waals surface area contributed by atoms with E-state index < -0.39 is 32.5 Å².